The third-order valence-corrected chi connectivity index (χ3v) is 4.23. The van der Waals surface area contributed by atoms with Gasteiger partial charge in [0.15, 0.2) is 0 Å². The van der Waals surface area contributed by atoms with E-state index in [9.17, 15) is 4.79 Å². The molecule has 23 heavy (non-hydrogen) atoms. The molecule has 122 valence electrons. The van der Waals surface area contributed by atoms with Crippen molar-refractivity contribution < 1.29 is 4.79 Å². The summed E-state index contributed by atoms with van der Waals surface area (Å²) in [6.45, 7) is 6.36. The molecule has 2 atom stereocenters. The lowest BCUT2D eigenvalue weighted by molar-refractivity contribution is -0.123. The maximum Gasteiger partial charge on any atom is 0.138 e. The Bertz CT molecular complexity index is 592. The molecule has 0 aliphatic rings. The minimum Gasteiger partial charge on any atom is -0.378 e. The van der Waals surface area contributed by atoms with Gasteiger partial charge in [0.05, 0.1) is 6.04 Å². The highest BCUT2D eigenvalue weighted by Crippen LogP contribution is 2.28. The third kappa shape index (κ3) is 5.24. The first-order valence-electron chi connectivity index (χ1n) is 8.47. The van der Waals surface area contributed by atoms with Gasteiger partial charge >= 0.3 is 0 Å². The van der Waals surface area contributed by atoms with Crippen LogP contribution in [0.3, 0.4) is 0 Å². The first-order valence-corrected chi connectivity index (χ1v) is 8.47. The van der Waals surface area contributed by atoms with Crippen molar-refractivity contribution in [3.63, 3.8) is 0 Å². The molecular weight excluding hydrogens is 282 g/mol. The summed E-state index contributed by atoms with van der Waals surface area (Å²) in [5, 5.41) is 3.54. The van der Waals surface area contributed by atoms with Crippen LogP contribution < -0.4 is 5.32 Å². The summed E-state index contributed by atoms with van der Waals surface area (Å²) >= 11 is 0. The van der Waals surface area contributed by atoms with Gasteiger partial charge in [0.25, 0.3) is 0 Å². The predicted molar refractivity (Wildman–Crippen MR) is 97.5 cm³/mol. The smallest absolute Gasteiger partial charge is 0.138 e. The Morgan fingerprint density at radius 1 is 0.913 bits per heavy atom. The van der Waals surface area contributed by atoms with Crippen LogP contribution in [0.5, 0.6) is 0 Å². The van der Waals surface area contributed by atoms with Crippen LogP contribution >= 0.6 is 0 Å². The molecule has 0 heterocycles. The highest BCUT2D eigenvalue weighted by atomic mass is 16.1. The van der Waals surface area contributed by atoms with Gasteiger partial charge in [-0.2, -0.15) is 0 Å². The molecule has 2 heteroatoms. The summed E-state index contributed by atoms with van der Waals surface area (Å²) in [5.41, 5.74) is 2.20. The van der Waals surface area contributed by atoms with Gasteiger partial charge in [0, 0.05) is 18.0 Å². The normalized spacial score (nSPS) is 13.6. The Labute approximate surface area is 139 Å². The number of nitrogens with one attached hydrogen (secondary N) is 1. The number of carbonyl (C=O) groups is 1. The molecule has 1 N–H and O–H groups in total. The SMILES string of the molecule is CC(C)CCC(=O)[C@H](C)[C@H](Nc1ccccc1)c1ccccc1. The van der Waals surface area contributed by atoms with Crippen LogP contribution in [0.2, 0.25) is 0 Å². The van der Waals surface area contributed by atoms with Crippen molar-refractivity contribution in [2.45, 2.75) is 39.7 Å². The average Bonchev–Trinajstić information content (AvgIpc) is 2.58. The largest absolute Gasteiger partial charge is 0.378 e. The van der Waals surface area contributed by atoms with Crippen molar-refractivity contribution in [3.05, 3.63) is 66.2 Å². The van der Waals surface area contributed by atoms with E-state index >= 15 is 0 Å². The van der Waals surface area contributed by atoms with E-state index in [4.69, 9.17) is 0 Å². The molecule has 0 radical (unpaired) electrons. The van der Waals surface area contributed by atoms with Gasteiger partial charge < -0.3 is 5.32 Å². The molecule has 0 fully saturated rings. The zero-order valence-corrected chi connectivity index (χ0v) is 14.3. The summed E-state index contributed by atoms with van der Waals surface area (Å²) in [7, 11) is 0. The molecule has 0 spiro atoms. The van der Waals surface area contributed by atoms with Gasteiger partial charge in [-0.25, -0.2) is 0 Å². The number of Topliss-reactive ketones (excluding diaryl/α,β-unsaturated/α-hetero) is 1. The summed E-state index contributed by atoms with van der Waals surface area (Å²) < 4.78 is 0. The molecule has 0 unspecified atom stereocenters. The molecule has 2 aromatic rings. The van der Waals surface area contributed by atoms with E-state index in [1.165, 1.54) is 0 Å². The molecule has 2 aromatic carbocycles. The number of ketones is 1. The maximum absolute atomic E-state index is 12.6. The Morgan fingerprint density at radius 3 is 2.04 bits per heavy atom. The fraction of sp³-hybridized carbons (Fsp3) is 0.381. The number of hydrogen-bond donors (Lipinski definition) is 1. The lowest BCUT2D eigenvalue weighted by Gasteiger charge is -2.26. The van der Waals surface area contributed by atoms with Crippen molar-refractivity contribution in [2.24, 2.45) is 11.8 Å². The van der Waals surface area contributed by atoms with E-state index in [1.54, 1.807) is 0 Å². The van der Waals surface area contributed by atoms with Crippen LogP contribution in [0.4, 0.5) is 5.69 Å². The molecule has 2 rings (SSSR count). The molecule has 0 amide bonds. The quantitative estimate of drug-likeness (QED) is 0.699. The topological polar surface area (TPSA) is 29.1 Å². The van der Waals surface area contributed by atoms with Gasteiger partial charge in [-0.15, -0.1) is 0 Å². The monoisotopic (exact) mass is 309 g/mol. The van der Waals surface area contributed by atoms with Crippen LogP contribution in [0.25, 0.3) is 0 Å². The zero-order valence-electron chi connectivity index (χ0n) is 14.3. The van der Waals surface area contributed by atoms with Crippen LogP contribution in [0.1, 0.15) is 45.2 Å². The Hall–Kier alpha value is -2.09. The molecule has 0 aliphatic carbocycles. The molecule has 0 saturated heterocycles. The number of hydrogen-bond acceptors (Lipinski definition) is 2. The second-order valence-corrected chi connectivity index (χ2v) is 6.59. The second kappa shape index (κ2) is 8.52. The van der Waals surface area contributed by atoms with Gasteiger partial charge in [0.2, 0.25) is 0 Å². The Kier molecular flexibility index (Phi) is 6.40. The van der Waals surface area contributed by atoms with E-state index in [1.807, 2.05) is 55.5 Å². The first kappa shape index (κ1) is 17.3. The van der Waals surface area contributed by atoms with Crippen molar-refractivity contribution in [2.75, 3.05) is 5.32 Å². The second-order valence-electron chi connectivity index (χ2n) is 6.59. The van der Waals surface area contributed by atoms with E-state index in [0.29, 0.717) is 18.1 Å². The lowest BCUT2D eigenvalue weighted by atomic mass is 9.88. The fourth-order valence-corrected chi connectivity index (χ4v) is 2.72. The van der Waals surface area contributed by atoms with Crippen molar-refractivity contribution in [1.29, 1.82) is 0 Å². The highest BCUT2D eigenvalue weighted by Gasteiger charge is 2.25. The van der Waals surface area contributed by atoms with Crippen LogP contribution in [-0.4, -0.2) is 5.78 Å². The standard InChI is InChI=1S/C21H27NO/c1-16(2)14-15-20(23)17(3)21(18-10-6-4-7-11-18)22-19-12-8-5-9-13-19/h4-13,16-17,21-22H,14-15H2,1-3H3/t17-,21-/m0/s1. The number of anilines is 1. The van der Waals surface area contributed by atoms with Crippen LogP contribution in [-0.2, 0) is 4.79 Å². The van der Waals surface area contributed by atoms with Gasteiger partial charge in [0.1, 0.15) is 5.78 Å². The third-order valence-electron chi connectivity index (χ3n) is 4.23. The van der Waals surface area contributed by atoms with E-state index in [2.05, 4.69) is 31.3 Å². The lowest BCUT2D eigenvalue weighted by Crippen LogP contribution is -2.25. The fourth-order valence-electron chi connectivity index (χ4n) is 2.72. The summed E-state index contributed by atoms with van der Waals surface area (Å²) in [6, 6.07) is 20.3. The minimum atomic E-state index is -0.0589. The van der Waals surface area contributed by atoms with Crippen molar-refractivity contribution in [1.82, 2.24) is 0 Å². The molecule has 0 aromatic heterocycles. The maximum atomic E-state index is 12.6. The first-order chi connectivity index (χ1) is 11.1. The van der Waals surface area contributed by atoms with E-state index in [0.717, 1.165) is 17.7 Å². The van der Waals surface area contributed by atoms with E-state index < -0.39 is 0 Å². The van der Waals surface area contributed by atoms with Crippen LogP contribution in [0, 0.1) is 11.8 Å². The summed E-state index contributed by atoms with van der Waals surface area (Å²) in [5.74, 6) is 0.829. The Morgan fingerprint density at radius 2 is 1.48 bits per heavy atom. The van der Waals surface area contributed by atoms with Gasteiger partial charge in [-0.05, 0) is 30.0 Å². The average molecular weight is 309 g/mol. The number of carbonyl (C=O) groups excluding carboxylic acids is 1. The number of rotatable bonds is 8. The molecule has 2 nitrogen and oxygen atoms in total. The number of para-hydroxylation sites is 1. The molecule has 0 saturated carbocycles. The van der Waals surface area contributed by atoms with Crippen molar-refractivity contribution in [3.8, 4) is 0 Å². The summed E-state index contributed by atoms with van der Waals surface area (Å²) in [4.78, 5) is 12.6. The molecular formula is C21H27NO. The van der Waals surface area contributed by atoms with Gasteiger partial charge in [-0.3, -0.25) is 4.79 Å². The van der Waals surface area contributed by atoms with E-state index in [-0.39, 0.29) is 12.0 Å². The van der Waals surface area contributed by atoms with Crippen LogP contribution in [0.15, 0.2) is 60.7 Å². The molecule has 0 bridgehead atoms. The van der Waals surface area contributed by atoms with Crippen molar-refractivity contribution >= 4 is 11.5 Å². The molecule has 0 aliphatic heterocycles. The minimum absolute atomic E-state index is 0.00161. The predicted octanol–water partition coefficient (Wildman–Crippen LogP) is 5.48. The number of benzene rings is 2. The summed E-state index contributed by atoms with van der Waals surface area (Å²) in [6.07, 6.45) is 1.61. The Balaban J connectivity index is 2.17. The zero-order chi connectivity index (χ0) is 16.7. The highest BCUT2D eigenvalue weighted by molar-refractivity contribution is 5.82. The van der Waals surface area contributed by atoms with Gasteiger partial charge in [-0.1, -0.05) is 69.3 Å².